The molecule has 6 heteroatoms. The first kappa shape index (κ1) is 19.6. The first-order valence-corrected chi connectivity index (χ1v) is 9.25. The van der Waals surface area contributed by atoms with E-state index in [0.717, 1.165) is 17.1 Å². The minimum absolute atomic E-state index is 0.0144. The standard InChI is InChI=1S/C22H20ClN3O2/c1-15(27)17-4-8-20(9-5-17)26-22(28)18-12-21(14-24-13-18)25-11-10-16-2-6-19(23)7-3-16/h2-9,12-14,25H,10-11H2,1H3,(H,26,28). The maximum absolute atomic E-state index is 12.5. The zero-order valence-electron chi connectivity index (χ0n) is 15.4. The van der Waals surface area contributed by atoms with Crippen LogP contribution in [0.3, 0.4) is 0 Å². The summed E-state index contributed by atoms with van der Waals surface area (Å²) in [6.45, 7) is 2.21. The summed E-state index contributed by atoms with van der Waals surface area (Å²) < 4.78 is 0. The molecule has 2 N–H and O–H groups in total. The summed E-state index contributed by atoms with van der Waals surface area (Å²) >= 11 is 5.89. The third kappa shape index (κ3) is 5.41. The Morgan fingerprint density at radius 1 is 0.929 bits per heavy atom. The van der Waals surface area contributed by atoms with Crippen molar-refractivity contribution in [3.63, 3.8) is 0 Å². The third-order valence-electron chi connectivity index (χ3n) is 4.21. The van der Waals surface area contributed by atoms with Crippen LogP contribution in [0.4, 0.5) is 11.4 Å². The topological polar surface area (TPSA) is 71.1 Å². The van der Waals surface area contributed by atoms with Crippen molar-refractivity contribution >= 4 is 34.7 Å². The van der Waals surface area contributed by atoms with Gasteiger partial charge in [-0.25, -0.2) is 0 Å². The van der Waals surface area contributed by atoms with Crippen molar-refractivity contribution in [3.05, 3.63) is 88.7 Å². The molecule has 1 amide bonds. The lowest BCUT2D eigenvalue weighted by atomic mass is 10.1. The number of aromatic nitrogens is 1. The summed E-state index contributed by atoms with van der Waals surface area (Å²) in [4.78, 5) is 27.9. The summed E-state index contributed by atoms with van der Waals surface area (Å²) in [6, 6.07) is 16.3. The number of carbonyl (C=O) groups is 2. The molecule has 0 fully saturated rings. The first-order valence-electron chi connectivity index (χ1n) is 8.87. The van der Waals surface area contributed by atoms with E-state index in [2.05, 4.69) is 15.6 Å². The Bertz CT molecular complexity index is 970. The molecule has 1 aromatic heterocycles. The van der Waals surface area contributed by atoms with Crippen molar-refractivity contribution in [2.75, 3.05) is 17.2 Å². The number of ketones is 1. The molecule has 0 aliphatic rings. The van der Waals surface area contributed by atoms with Crippen LogP contribution in [-0.4, -0.2) is 23.2 Å². The van der Waals surface area contributed by atoms with Gasteiger partial charge < -0.3 is 10.6 Å². The number of carbonyl (C=O) groups excluding carboxylic acids is 2. The van der Waals surface area contributed by atoms with E-state index >= 15 is 0 Å². The largest absolute Gasteiger partial charge is 0.383 e. The van der Waals surface area contributed by atoms with Gasteiger partial charge in [0.25, 0.3) is 5.91 Å². The van der Waals surface area contributed by atoms with Crippen LogP contribution in [0.25, 0.3) is 0 Å². The molecule has 142 valence electrons. The molecule has 1 heterocycles. The predicted octanol–water partition coefficient (Wildman–Crippen LogP) is 4.84. The van der Waals surface area contributed by atoms with Crippen LogP contribution in [-0.2, 0) is 6.42 Å². The van der Waals surface area contributed by atoms with E-state index in [1.165, 1.54) is 18.7 Å². The van der Waals surface area contributed by atoms with Crippen LogP contribution in [0.2, 0.25) is 5.02 Å². The van der Waals surface area contributed by atoms with Crippen LogP contribution >= 0.6 is 11.6 Å². The molecule has 28 heavy (non-hydrogen) atoms. The number of hydrogen-bond acceptors (Lipinski definition) is 4. The van der Waals surface area contributed by atoms with Crippen molar-refractivity contribution in [1.29, 1.82) is 0 Å². The number of halogens is 1. The molecular weight excluding hydrogens is 374 g/mol. The highest BCUT2D eigenvalue weighted by Crippen LogP contribution is 2.14. The lowest BCUT2D eigenvalue weighted by molar-refractivity contribution is 0.101. The second-order valence-corrected chi connectivity index (χ2v) is 6.79. The second kappa shape index (κ2) is 9.15. The van der Waals surface area contributed by atoms with Crippen LogP contribution < -0.4 is 10.6 Å². The first-order chi connectivity index (χ1) is 13.5. The molecule has 3 aromatic rings. The number of nitrogens with zero attached hydrogens (tertiary/aromatic N) is 1. The SMILES string of the molecule is CC(=O)c1ccc(NC(=O)c2cncc(NCCc3ccc(Cl)cc3)c2)cc1. The maximum Gasteiger partial charge on any atom is 0.257 e. The van der Waals surface area contributed by atoms with Gasteiger partial charge in [-0.3, -0.25) is 14.6 Å². The Morgan fingerprint density at radius 2 is 1.64 bits per heavy atom. The molecule has 0 bridgehead atoms. The van der Waals surface area contributed by atoms with Gasteiger partial charge in [0.2, 0.25) is 0 Å². The van der Waals surface area contributed by atoms with E-state index in [0.29, 0.717) is 23.4 Å². The van der Waals surface area contributed by atoms with Crippen LogP contribution in [0, 0.1) is 0 Å². The van der Waals surface area contributed by atoms with E-state index in [4.69, 9.17) is 11.6 Å². The number of hydrogen-bond donors (Lipinski definition) is 2. The lowest BCUT2D eigenvalue weighted by Crippen LogP contribution is -2.13. The average molecular weight is 394 g/mol. The monoisotopic (exact) mass is 393 g/mol. The van der Waals surface area contributed by atoms with Crippen LogP contribution in [0.1, 0.15) is 33.2 Å². The van der Waals surface area contributed by atoms with E-state index in [9.17, 15) is 9.59 Å². The number of amides is 1. The molecule has 0 unspecified atom stereocenters. The van der Waals surface area contributed by atoms with Gasteiger partial charge in [0.1, 0.15) is 0 Å². The van der Waals surface area contributed by atoms with Crippen molar-refractivity contribution in [1.82, 2.24) is 4.98 Å². The molecule has 0 atom stereocenters. The van der Waals surface area contributed by atoms with Crippen molar-refractivity contribution in [3.8, 4) is 0 Å². The number of benzene rings is 2. The molecule has 0 spiro atoms. The van der Waals surface area contributed by atoms with E-state index < -0.39 is 0 Å². The number of rotatable bonds is 7. The van der Waals surface area contributed by atoms with E-state index in [-0.39, 0.29) is 11.7 Å². The maximum atomic E-state index is 12.5. The summed E-state index contributed by atoms with van der Waals surface area (Å²) in [5.41, 5.74) is 3.62. The zero-order chi connectivity index (χ0) is 19.9. The van der Waals surface area contributed by atoms with Crippen molar-refractivity contribution in [2.24, 2.45) is 0 Å². The molecule has 3 rings (SSSR count). The Kier molecular flexibility index (Phi) is 6.40. The third-order valence-corrected chi connectivity index (χ3v) is 4.46. The van der Waals surface area contributed by atoms with Gasteiger partial charge in [0.15, 0.2) is 5.78 Å². The number of nitrogens with one attached hydrogen (secondary N) is 2. The van der Waals surface area contributed by atoms with E-state index in [1.54, 1.807) is 36.5 Å². The molecule has 5 nitrogen and oxygen atoms in total. The fraction of sp³-hybridized carbons (Fsp3) is 0.136. The lowest BCUT2D eigenvalue weighted by Gasteiger charge is -2.09. The molecule has 2 aromatic carbocycles. The number of Topliss-reactive ketones (excluding diaryl/α,β-unsaturated/α-hetero) is 1. The molecule has 0 radical (unpaired) electrons. The molecule has 0 aliphatic heterocycles. The number of anilines is 2. The normalized spacial score (nSPS) is 10.4. The predicted molar refractivity (Wildman–Crippen MR) is 112 cm³/mol. The highest BCUT2D eigenvalue weighted by molar-refractivity contribution is 6.30. The average Bonchev–Trinajstić information content (AvgIpc) is 2.70. The highest BCUT2D eigenvalue weighted by Gasteiger charge is 2.08. The van der Waals surface area contributed by atoms with Crippen LogP contribution in [0.15, 0.2) is 67.0 Å². The highest BCUT2D eigenvalue weighted by atomic mass is 35.5. The Balaban J connectivity index is 1.57. The smallest absolute Gasteiger partial charge is 0.257 e. The van der Waals surface area contributed by atoms with Gasteiger partial charge in [-0.05, 0) is 61.4 Å². The van der Waals surface area contributed by atoms with Crippen molar-refractivity contribution < 1.29 is 9.59 Å². The molecule has 0 saturated carbocycles. The summed E-state index contributed by atoms with van der Waals surface area (Å²) in [5.74, 6) is -0.274. The van der Waals surface area contributed by atoms with Gasteiger partial charge >= 0.3 is 0 Å². The summed E-state index contributed by atoms with van der Waals surface area (Å²) in [5, 5.41) is 6.80. The van der Waals surface area contributed by atoms with Gasteiger partial charge in [-0.2, -0.15) is 0 Å². The molecule has 0 saturated heterocycles. The van der Waals surface area contributed by atoms with Gasteiger partial charge in [0.05, 0.1) is 11.3 Å². The van der Waals surface area contributed by atoms with Gasteiger partial charge in [0, 0.05) is 35.2 Å². The quantitative estimate of drug-likeness (QED) is 0.563. The fourth-order valence-corrected chi connectivity index (χ4v) is 2.78. The Morgan fingerprint density at radius 3 is 2.32 bits per heavy atom. The minimum Gasteiger partial charge on any atom is -0.383 e. The fourth-order valence-electron chi connectivity index (χ4n) is 2.65. The summed E-state index contributed by atoms with van der Waals surface area (Å²) in [7, 11) is 0. The molecule has 0 aliphatic carbocycles. The van der Waals surface area contributed by atoms with E-state index in [1.807, 2.05) is 24.3 Å². The van der Waals surface area contributed by atoms with Gasteiger partial charge in [-0.1, -0.05) is 23.7 Å². The van der Waals surface area contributed by atoms with Crippen molar-refractivity contribution in [2.45, 2.75) is 13.3 Å². The zero-order valence-corrected chi connectivity index (χ0v) is 16.2. The number of pyridine rings is 1. The van der Waals surface area contributed by atoms with Gasteiger partial charge in [-0.15, -0.1) is 0 Å². The summed E-state index contributed by atoms with van der Waals surface area (Å²) in [6.07, 6.45) is 4.03. The Hall–Kier alpha value is -3.18. The van der Waals surface area contributed by atoms with Crippen LogP contribution in [0.5, 0.6) is 0 Å². The Labute approximate surface area is 168 Å². The second-order valence-electron chi connectivity index (χ2n) is 6.35. The molecular formula is C22H20ClN3O2. The minimum atomic E-state index is -0.260.